The van der Waals surface area contributed by atoms with Crippen LogP contribution in [0.2, 0.25) is 0 Å². The third kappa shape index (κ3) is 3.29. The molecule has 1 rings (SSSR count). The predicted molar refractivity (Wildman–Crippen MR) is 60.7 cm³/mol. The van der Waals surface area contributed by atoms with Gasteiger partial charge < -0.3 is 0 Å². The van der Waals surface area contributed by atoms with Crippen LogP contribution in [0.3, 0.4) is 0 Å². The fraction of sp³-hybridized carbons (Fsp3) is 0.364. The van der Waals surface area contributed by atoms with E-state index in [1.807, 2.05) is 19.9 Å². The normalized spacial score (nSPS) is 12.5. The monoisotopic (exact) mass is 270 g/mol. The number of benzene rings is 1. The van der Waals surface area contributed by atoms with Crippen molar-refractivity contribution in [3.8, 4) is 6.07 Å². The standard InChI is InChI=1S/C11H12BrFN2/c1-7(2)15-11(6-14)9-5-8(12)3-4-10(9)13/h3-5,7,11,15H,1-2H3. The molecule has 80 valence electrons. The lowest BCUT2D eigenvalue weighted by atomic mass is 10.1. The van der Waals surface area contributed by atoms with Crippen LogP contribution in [0.4, 0.5) is 4.39 Å². The van der Waals surface area contributed by atoms with Gasteiger partial charge in [-0.3, -0.25) is 5.32 Å². The van der Waals surface area contributed by atoms with Gasteiger partial charge in [0.05, 0.1) is 6.07 Å². The minimum absolute atomic E-state index is 0.132. The van der Waals surface area contributed by atoms with Gasteiger partial charge in [-0.25, -0.2) is 4.39 Å². The Morgan fingerprint density at radius 2 is 2.13 bits per heavy atom. The number of hydrogen-bond acceptors (Lipinski definition) is 2. The molecule has 4 heteroatoms. The lowest BCUT2D eigenvalue weighted by Gasteiger charge is -2.15. The zero-order valence-corrected chi connectivity index (χ0v) is 10.2. The van der Waals surface area contributed by atoms with E-state index in [2.05, 4.69) is 21.2 Å². The molecule has 0 radical (unpaired) electrons. The number of nitrogens with zero attached hydrogens (tertiary/aromatic N) is 1. The summed E-state index contributed by atoms with van der Waals surface area (Å²) in [5, 5.41) is 11.9. The van der Waals surface area contributed by atoms with Crippen molar-refractivity contribution in [1.82, 2.24) is 5.32 Å². The summed E-state index contributed by atoms with van der Waals surface area (Å²) in [6.07, 6.45) is 0. The lowest BCUT2D eigenvalue weighted by Crippen LogP contribution is -2.27. The summed E-state index contributed by atoms with van der Waals surface area (Å²) < 4.78 is 14.2. The Bertz CT molecular complexity index is 385. The Balaban J connectivity index is 3.02. The molecular formula is C11H12BrFN2. The summed E-state index contributed by atoms with van der Waals surface area (Å²) in [4.78, 5) is 0. The molecule has 0 aliphatic rings. The highest BCUT2D eigenvalue weighted by molar-refractivity contribution is 9.10. The number of rotatable bonds is 3. The molecule has 2 nitrogen and oxygen atoms in total. The molecule has 0 saturated carbocycles. The molecule has 0 amide bonds. The van der Waals surface area contributed by atoms with Crippen LogP contribution >= 0.6 is 15.9 Å². The molecular weight excluding hydrogens is 259 g/mol. The van der Waals surface area contributed by atoms with E-state index in [1.54, 1.807) is 12.1 Å². The van der Waals surface area contributed by atoms with E-state index < -0.39 is 6.04 Å². The van der Waals surface area contributed by atoms with Gasteiger partial charge in [-0.1, -0.05) is 15.9 Å². The summed E-state index contributed by atoms with van der Waals surface area (Å²) in [6.45, 7) is 3.83. The van der Waals surface area contributed by atoms with Gasteiger partial charge in [-0.15, -0.1) is 0 Å². The zero-order chi connectivity index (χ0) is 11.4. The van der Waals surface area contributed by atoms with Gasteiger partial charge in [-0.2, -0.15) is 5.26 Å². The van der Waals surface area contributed by atoms with Crippen molar-refractivity contribution in [2.75, 3.05) is 0 Å². The molecule has 0 aromatic heterocycles. The van der Waals surface area contributed by atoms with E-state index in [-0.39, 0.29) is 11.9 Å². The quantitative estimate of drug-likeness (QED) is 0.916. The largest absolute Gasteiger partial charge is 0.296 e. The highest BCUT2D eigenvalue weighted by Gasteiger charge is 2.15. The Labute approximate surface area is 97.2 Å². The van der Waals surface area contributed by atoms with Crippen molar-refractivity contribution in [3.05, 3.63) is 34.1 Å². The fourth-order valence-electron chi connectivity index (χ4n) is 1.27. The van der Waals surface area contributed by atoms with E-state index in [1.165, 1.54) is 6.07 Å². The van der Waals surface area contributed by atoms with E-state index in [4.69, 9.17) is 5.26 Å². The minimum Gasteiger partial charge on any atom is -0.296 e. The van der Waals surface area contributed by atoms with Crippen molar-refractivity contribution in [3.63, 3.8) is 0 Å². The molecule has 0 saturated heterocycles. The summed E-state index contributed by atoms with van der Waals surface area (Å²) in [7, 11) is 0. The van der Waals surface area contributed by atoms with Crippen LogP contribution in [0.15, 0.2) is 22.7 Å². The Morgan fingerprint density at radius 1 is 1.47 bits per heavy atom. The van der Waals surface area contributed by atoms with Crippen molar-refractivity contribution in [2.24, 2.45) is 0 Å². The minimum atomic E-state index is -0.609. The molecule has 15 heavy (non-hydrogen) atoms. The summed E-state index contributed by atoms with van der Waals surface area (Å²) in [5.41, 5.74) is 0.376. The van der Waals surface area contributed by atoms with Crippen LogP contribution in [0.1, 0.15) is 25.5 Å². The molecule has 0 fully saturated rings. The van der Waals surface area contributed by atoms with Crippen LogP contribution in [0.25, 0.3) is 0 Å². The molecule has 0 heterocycles. The maximum atomic E-state index is 13.4. The first-order chi connectivity index (χ1) is 7.04. The Hall–Kier alpha value is -0.920. The average Bonchev–Trinajstić information content (AvgIpc) is 2.18. The van der Waals surface area contributed by atoms with Crippen LogP contribution < -0.4 is 5.32 Å². The summed E-state index contributed by atoms with van der Waals surface area (Å²) in [6, 6.07) is 6.16. The average molecular weight is 271 g/mol. The third-order valence-electron chi connectivity index (χ3n) is 1.90. The third-order valence-corrected chi connectivity index (χ3v) is 2.39. The first-order valence-corrected chi connectivity index (χ1v) is 5.44. The topological polar surface area (TPSA) is 35.8 Å². The molecule has 0 spiro atoms. The van der Waals surface area contributed by atoms with Crippen LogP contribution in [0, 0.1) is 17.1 Å². The SMILES string of the molecule is CC(C)NC(C#N)c1cc(Br)ccc1F. The predicted octanol–water partition coefficient (Wildman–Crippen LogP) is 3.15. The van der Waals surface area contributed by atoms with Crippen LogP contribution in [-0.2, 0) is 0 Å². The summed E-state index contributed by atoms with van der Waals surface area (Å²) >= 11 is 3.26. The molecule has 0 aliphatic heterocycles. The molecule has 0 bridgehead atoms. The van der Waals surface area contributed by atoms with E-state index in [0.29, 0.717) is 5.56 Å². The van der Waals surface area contributed by atoms with Gasteiger partial charge in [0, 0.05) is 16.1 Å². The van der Waals surface area contributed by atoms with Crippen molar-refractivity contribution in [1.29, 1.82) is 5.26 Å². The van der Waals surface area contributed by atoms with E-state index in [9.17, 15) is 4.39 Å². The molecule has 1 atom stereocenters. The maximum Gasteiger partial charge on any atom is 0.129 e. The number of nitriles is 1. The highest BCUT2D eigenvalue weighted by atomic mass is 79.9. The Kier molecular flexibility index (Phi) is 4.25. The van der Waals surface area contributed by atoms with Gasteiger partial charge in [0.2, 0.25) is 0 Å². The van der Waals surface area contributed by atoms with Crippen LogP contribution in [0.5, 0.6) is 0 Å². The second kappa shape index (κ2) is 5.24. The van der Waals surface area contributed by atoms with Gasteiger partial charge in [0.25, 0.3) is 0 Å². The fourth-order valence-corrected chi connectivity index (χ4v) is 1.64. The highest BCUT2D eigenvalue weighted by Crippen LogP contribution is 2.21. The van der Waals surface area contributed by atoms with E-state index >= 15 is 0 Å². The number of halogens is 2. The summed E-state index contributed by atoms with van der Waals surface area (Å²) in [5.74, 6) is -0.363. The van der Waals surface area contributed by atoms with Crippen molar-refractivity contribution >= 4 is 15.9 Å². The molecule has 1 aromatic carbocycles. The molecule has 0 aliphatic carbocycles. The lowest BCUT2D eigenvalue weighted by molar-refractivity contribution is 0.518. The number of hydrogen-bond donors (Lipinski definition) is 1. The Morgan fingerprint density at radius 3 is 2.67 bits per heavy atom. The first-order valence-electron chi connectivity index (χ1n) is 4.65. The molecule has 1 N–H and O–H groups in total. The second-order valence-electron chi connectivity index (χ2n) is 3.55. The number of nitrogens with one attached hydrogen (secondary N) is 1. The zero-order valence-electron chi connectivity index (χ0n) is 8.59. The van der Waals surface area contributed by atoms with Gasteiger partial charge >= 0.3 is 0 Å². The van der Waals surface area contributed by atoms with Crippen LogP contribution in [-0.4, -0.2) is 6.04 Å². The molecule has 1 unspecified atom stereocenters. The van der Waals surface area contributed by atoms with Crippen molar-refractivity contribution in [2.45, 2.75) is 25.9 Å². The second-order valence-corrected chi connectivity index (χ2v) is 4.46. The van der Waals surface area contributed by atoms with Crippen molar-refractivity contribution < 1.29 is 4.39 Å². The van der Waals surface area contributed by atoms with Gasteiger partial charge in [-0.05, 0) is 32.0 Å². The molecule has 1 aromatic rings. The maximum absolute atomic E-state index is 13.4. The first kappa shape index (κ1) is 12.2. The smallest absolute Gasteiger partial charge is 0.129 e. The van der Waals surface area contributed by atoms with Gasteiger partial charge in [0.15, 0.2) is 0 Å². The van der Waals surface area contributed by atoms with Gasteiger partial charge in [0.1, 0.15) is 11.9 Å². The van der Waals surface area contributed by atoms with E-state index in [0.717, 1.165) is 4.47 Å².